The number of rotatable bonds is 5. The second kappa shape index (κ2) is 4.72. The van der Waals surface area contributed by atoms with Crippen LogP contribution in [0.4, 0.5) is 0 Å². The van der Waals surface area contributed by atoms with Gasteiger partial charge in [-0.1, -0.05) is 20.8 Å². The standard InChI is InChI=1S/C8H16O4S/c1-6(2)7(3)8(9)5-12-13(4,10)11/h6-7H,5H2,1-4H3. The predicted octanol–water partition coefficient (Wildman–Crippen LogP) is 0.824. The van der Waals surface area contributed by atoms with E-state index in [9.17, 15) is 13.2 Å². The van der Waals surface area contributed by atoms with Gasteiger partial charge in [-0.15, -0.1) is 0 Å². The third-order valence-corrected chi connectivity index (χ3v) is 2.47. The summed E-state index contributed by atoms with van der Waals surface area (Å²) in [5, 5.41) is 0. The summed E-state index contributed by atoms with van der Waals surface area (Å²) in [4.78, 5) is 11.2. The molecule has 0 aromatic heterocycles. The van der Waals surface area contributed by atoms with Gasteiger partial charge in [0.15, 0.2) is 5.78 Å². The van der Waals surface area contributed by atoms with Gasteiger partial charge in [-0.3, -0.25) is 8.98 Å². The Morgan fingerprint density at radius 1 is 1.31 bits per heavy atom. The van der Waals surface area contributed by atoms with Crippen molar-refractivity contribution in [1.82, 2.24) is 0 Å². The fourth-order valence-corrected chi connectivity index (χ4v) is 0.999. The minimum Gasteiger partial charge on any atom is -0.297 e. The number of ketones is 1. The molecule has 0 heterocycles. The molecule has 0 N–H and O–H groups in total. The van der Waals surface area contributed by atoms with E-state index in [1.165, 1.54) is 0 Å². The Morgan fingerprint density at radius 2 is 1.77 bits per heavy atom. The molecule has 0 aromatic rings. The molecule has 0 saturated carbocycles. The Morgan fingerprint density at radius 3 is 2.08 bits per heavy atom. The van der Waals surface area contributed by atoms with Crippen LogP contribution < -0.4 is 0 Å². The van der Waals surface area contributed by atoms with Crippen molar-refractivity contribution in [2.75, 3.05) is 12.9 Å². The van der Waals surface area contributed by atoms with E-state index in [-0.39, 0.29) is 24.2 Å². The Kier molecular flexibility index (Phi) is 4.56. The lowest BCUT2D eigenvalue weighted by Gasteiger charge is -2.13. The third kappa shape index (κ3) is 5.76. The summed E-state index contributed by atoms with van der Waals surface area (Å²) in [7, 11) is -3.50. The van der Waals surface area contributed by atoms with Gasteiger partial charge in [0, 0.05) is 5.92 Å². The molecular formula is C8H16O4S. The van der Waals surface area contributed by atoms with Crippen LogP contribution in [0.15, 0.2) is 0 Å². The van der Waals surface area contributed by atoms with Gasteiger partial charge in [0.1, 0.15) is 6.61 Å². The summed E-state index contributed by atoms with van der Waals surface area (Å²) in [5.74, 6) is -0.141. The summed E-state index contributed by atoms with van der Waals surface area (Å²) >= 11 is 0. The Labute approximate surface area is 79.4 Å². The molecule has 0 saturated heterocycles. The zero-order valence-electron chi connectivity index (χ0n) is 8.40. The molecule has 13 heavy (non-hydrogen) atoms. The predicted molar refractivity (Wildman–Crippen MR) is 49.8 cm³/mol. The van der Waals surface area contributed by atoms with Crippen LogP contribution in [0.2, 0.25) is 0 Å². The SMILES string of the molecule is CC(C)C(C)C(=O)COS(C)(=O)=O. The molecule has 0 bridgehead atoms. The normalized spacial score (nSPS) is 14.5. The summed E-state index contributed by atoms with van der Waals surface area (Å²) in [5.41, 5.74) is 0. The number of carbonyl (C=O) groups is 1. The molecule has 1 unspecified atom stereocenters. The first-order valence-corrected chi connectivity index (χ1v) is 5.93. The Bertz CT molecular complexity index is 266. The smallest absolute Gasteiger partial charge is 0.264 e. The number of carbonyl (C=O) groups excluding carboxylic acids is 1. The third-order valence-electron chi connectivity index (χ3n) is 1.92. The topological polar surface area (TPSA) is 60.4 Å². The Balaban J connectivity index is 4.03. The van der Waals surface area contributed by atoms with Crippen molar-refractivity contribution >= 4 is 15.9 Å². The minimum absolute atomic E-state index is 0.165. The molecule has 0 aromatic carbocycles. The highest BCUT2D eigenvalue weighted by Crippen LogP contribution is 2.10. The summed E-state index contributed by atoms with van der Waals surface area (Å²) < 4.78 is 25.5. The highest BCUT2D eigenvalue weighted by atomic mass is 32.2. The van der Waals surface area contributed by atoms with Crippen LogP contribution in [0.5, 0.6) is 0 Å². The zero-order chi connectivity index (χ0) is 10.6. The van der Waals surface area contributed by atoms with E-state index in [4.69, 9.17) is 0 Å². The molecular weight excluding hydrogens is 192 g/mol. The first-order chi connectivity index (χ1) is 5.74. The quantitative estimate of drug-likeness (QED) is 0.628. The maximum absolute atomic E-state index is 11.2. The molecule has 5 heteroatoms. The van der Waals surface area contributed by atoms with E-state index in [0.29, 0.717) is 0 Å². The van der Waals surface area contributed by atoms with Crippen LogP contribution in [0.1, 0.15) is 20.8 Å². The number of hydrogen-bond donors (Lipinski definition) is 0. The van der Waals surface area contributed by atoms with Crippen molar-refractivity contribution in [2.45, 2.75) is 20.8 Å². The van der Waals surface area contributed by atoms with Gasteiger partial charge in [0.2, 0.25) is 0 Å². The average Bonchev–Trinajstić information content (AvgIpc) is 1.97. The Hall–Kier alpha value is -0.420. The van der Waals surface area contributed by atoms with Crippen LogP contribution in [-0.2, 0) is 19.1 Å². The first-order valence-electron chi connectivity index (χ1n) is 4.11. The van der Waals surface area contributed by atoms with E-state index in [0.717, 1.165) is 6.26 Å². The second-order valence-electron chi connectivity index (χ2n) is 3.47. The monoisotopic (exact) mass is 208 g/mol. The van der Waals surface area contributed by atoms with Gasteiger partial charge in [0.05, 0.1) is 6.26 Å². The highest BCUT2D eigenvalue weighted by Gasteiger charge is 2.18. The fourth-order valence-electron chi connectivity index (χ4n) is 0.668. The van der Waals surface area contributed by atoms with E-state index in [1.54, 1.807) is 6.92 Å². The van der Waals surface area contributed by atoms with Crippen molar-refractivity contribution in [3.63, 3.8) is 0 Å². The van der Waals surface area contributed by atoms with Crippen molar-refractivity contribution in [3.05, 3.63) is 0 Å². The van der Waals surface area contributed by atoms with Crippen LogP contribution in [-0.4, -0.2) is 27.1 Å². The maximum Gasteiger partial charge on any atom is 0.264 e. The van der Waals surface area contributed by atoms with Crippen molar-refractivity contribution in [2.24, 2.45) is 11.8 Å². The van der Waals surface area contributed by atoms with Gasteiger partial charge >= 0.3 is 0 Å². The lowest BCUT2D eigenvalue weighted by atomic mass is 9.94. The minimum atomic E-state index is -3.50. The molecule has 0 fully saturated rings. The molecule has 78 valence electrons. The van der Waals surface area contributed by atoms with Crippen LogP contribution in [0, 0.1) is 11.8 Å². The van der Waals surface area contributed by atoms with Crippen molar-refractivity contribution in [1.29, 1.82) is 0 Å². The summed E-state index contributed by atoms with van der Waals surface area (Å²) in [6, 6.07) is 0. The lowest BCUT2D eigenvalue weighted by molar-refractivity contribution is -0.125. The molecule has 0 aliphatic carbocycles. The van der Waals surface area contributed by atoms with E-state index < -0.39 is 10.1 Å². The lowest BCUT2D eigenvalue weighted by Crippen LogP contribution is -2.23. The summed E-state index contributed by atoms with van der Waals surface area (Å²) in [6.07, 6.45) is 0.931. The van der Waals surface area contributed by atoms with Gasteiger partial charge in [-0.25, -0.2) is 0 Å². The molecule has 0 radical (unpaired) electrons. The second-order valence-corrected chi connectivity index (χ2v) is 5.11. The zero-order valence-corrected chi connectivity index (χ0v) is 9.22. The highest BCUT2D eigenvalue weighted by molar-refractivity contribution is 7.86. The molecule has 1 atom stereocenters. The van der Waals surface area contributed by atoms with Crippen molar-refractivity contribution < 1.29 is 17.4 Å². The number of hydrogen-bond acceptors (Lipinski definition) is 4. The van der Waals surface area contributed by atoms with Gasteiger partial charge in [-0.2, -0.15) is 8.42 Å². The van der Waals surface area contributed by atoms with Crippen molar-refractivity contribution in [3.8, 4) is 0 Å². The van der Waals surface area contributed by atoms with E-state index in [2.05, 4.69) is 4.18 Å². The van der Waals surface area contributed by atoms with E-state index in [1.807, 2.05) is 13.8 Å². The molecule has 0 rings (SSSR count). The molecule has 0 aliphatic rings. The van der Waals surface area contributed by atoms with Crippen LogP contribution in [0.25, 0.3) is 0 Å². The van der Waals surface area contributed by atoms with Crippen LogP contribution in [0.3, 0.4) is 0 Å². The average molecular weight is 208 g/mol. The number of Topliss-reactive ketones (excluding diaryl/α,β-unsaturated/α-hetero) is 1. The fraction of sp³-hybridized carbons (Fsp3) is 0.875. The molecule has 0 aliphatic heterocycles. The van der Waals surface area contributed by atoms with Gasteiger partial charge in [0.25, 0.3) is 10.1 Å². The van der Waals surface area contributed by atoms with Gasteiger partial charge < -0.3 is 0 Å². The molecule has 0 amide bonds. The van der Waals surface area contributed by atoms with Crippen LogP contribution >= 0.6 is 0 Å². The maximum atomic E-state index is 11.2. The first kappa shape index (κ1) is 12.6. The largest absolute Gasteiger partial charge is 0.297 e. The van der Waals surface area contributed by atoms with Gasteiger partial charge in [-0.05, 0) is 5.92 Å². The van der Waals surface area contributed by atoms with E-state index >= 15 is 0 Å². The molecule has 4 nitrogen and oxygen atoms in total. The molecule has 0 spiro atoms. The summed E-state index contributed by atoms with van der Waals surface area (Å²) in [6.45, 7) is 5.23.